The summed E-state index contributed by atoms with van der Waals surface area (Å²) in [6, 6.07) is 12.8. The molecule has 0 fully saturated rings. The van der Waals surface area contributed by atoms with E-state index in [1.807, 2.05) is 32.9 Å². The maximum Gasteiger partial charge on any atom is 0.240 e. The molecule has 0 bridgehead atoms. The highest BCUT2D eigenvalue weighted by Crippen LogP contribution is 2.13. The maximum atomic E-state index is 12.2. The third-order valence-electron chi connectivity index (χ3n) is 3.28. The summed E-state index contributed by atoms with van der Waals surface area (Å²) in [5.41, 5.74) is 4.30. The molecule has 1 N–H and O–H groups in total. The summed E-state index contributed by atoms with van der Waals surface area (Å²) >= 11 is 0. The van der Waals surface area contributed by atoms with Gasteiger partial charge >= 0.3 is 0 Å². The lowest BCUT2D eigenvalue weighted by Gasteiger charge is -2.10. The minimum absolute atomic E-state index is 0.299. The molecule has 0 unspecified atom stereocenters. The predicted octanol–water partition coefficient (Wildman–Crippen LogP) is 3.09. The molecular weight excluding hydrogens is 270 g/mol. The predicted molar refractivity (Wildman–Crippen MR) is 81.1 cm³/mol. The zero-order valence-electron chi connectivity index (χ0n) is 12.0. The Kier molecular flexibility index (Phi) is 4.26. The summed E-state index contributed by atoms with van der Waals surface area (Å²) in [7, 11) is -3.45. The summed E-state index contributed by atoms with van der Waals surface area (Å²) in [4.78, 5) is 0.299. The van der Waals surface area contributed by atoms with Gasteiger partial charge in [0.1, 0.15) is 0 Å². The van der Waals surface area contributed by atoms with Crippen molar-refractivity contribution in [2.45, 2.75) is 32.2 Å². The van der Waals surface area contributed by atoms with Crippen LogP contribution in [0.15, 0.2) is 47.4 Å². The van der Waals surface area contributed by atoms with E-state index >= 15 is 0 Å². The van der Waals surface area contributed by atoms with Crippen molar-refractivity contribution < 1.29 is 8.42 Å². The van der Waals surface area contributed by atoms with Crippen LogP contribution in [-0.4, -0.2) is 8.42 Å². The number of rotatable bonds is 4. The number of benzene rings is 2. The van der Waals surface area contributed by atoms with Gasteiger partial charge in [-0.1, -0.05) is 41.5 Å². The molecular formula is C16H19NO2S. The molecule has 0 saturated heterocycles. The second kappa shape index (κ2) is 5.77. The van der Waals surface area contributed by atoms with Crippen molar-refractivity contribution in [1.29, 1.82) is 0 Å². The quantitative estimate of drug-likeness (QED) is 0.940. The van der Waals surface area contributed by atoms with E-state index in [2.05, 4.69) is 10.8 Å². The van der Waals surface area contributed by atoms with Crippen molar-refractivity contribution in [3.8, 4) is 0 Å². The molecule has 0 aliphatic rings. The van der Waals surface area contributed by atoms with Gasteiger partial charge in [-0.15, -0.1) is 0 Å². The molecule has 0 radical (unpaired) electrons. The molecule has 4 heteroatoms. The molecule has 0 aliphatic heterocycles. The van der Waals surface area contributed by atoms with Gasteiger partial charge in [-0.25, -0.2) is 13.1 Å². The van der Waals surface area contributed by atoms with Crippen molar-refractivity contribution in [3.63, 3.8) is 0 Å². The van der Waals surface area contributed by atoms with E-state index in [9.17, 15) is 8.42 Å². The zero-order chi connectivity index (χ0) is 14.8. The summed E-state index contributed by atoms with van der Waals surface area (Å²) in [6.45, 7) is 6.25. The number of hydrogen-bond donors (Lipinski definition) is 1. The molecule has 20 heavy (non-hydrogen) atoms. The van der Waals surface area contributed by atoms with Crippen LogP contribution in [-0.2, 0) is 16.6 Å². The van der Waals surface area contributed by atoms with Gasteiger partial charge in [0.25, 0.3) is 0 Å². The first-order chi connectivity index (χ1) is 9.38. The van der Waals surface area contributed by atoms with Crippen LogP contribution in [0.1, 0.15) is 22.3 Å². The Labute approximate surface area is 120 Å². The molecule has 2 aromatic carbocycles. The molecule has 0 atom stereocenters. The van der Waals surface area contributed by atoms with Gasteiger partial charge in [0.2, 0.25) is 10.0 Å². The molecule has 106 valence electrons. The lowest BCUT2D eigenvalue weighted by Crippen LogP contribution is -2.23. The average Bonchev–Trinajstić information content (AvgIpc) is 2.38. The maximum absolute atomic E-state index is 12.2. The van der Waals surface area contributed by atoms with Crippen molar-refractivity contribution >= 4 is 10.0 Å². The highest BCUT2D eigenvalue weighted by Gasteiger charge is 2.13. The number of hydrogen-bond acceptors (Lipinski definition) is 2. The Morgan fingerprint density at radius 1 is 0.900 bits per heavy atom. The van der Waals surface area contributed by atoms with Gasteiger partial charge in [0.15, 0.2) is 0 Å². The van der Waals surface area contributed by atoms with Gasteiger partial charge in [0.05, 0.1) is 4.90 Å². The third kappa shape index (κ3) is 3.46. The smallest absolute Gasteiger partial charge is 0.207 e. The van der Waals surface area contributed by atoms with E-state index < -0.39 is 10.0 Å². The molecule has 3 nitrogen and oxygen atoms in total. The minimum atomic E-state index is -3.45. The van der Waals surface area contributed by atoms with Crippen LogP contribution < -0.4 is 4.72 Å². The van der Waals surface area contributed by atoms with Gasteiger partial charge in [-0.05, 0) is 44.0 Å². The Morgan fingerprint density at radius 2 is 1.50 bits per heavy atom. The topological polar surface area (TPSA) is 46.2 Å². The molecule has 0 aromatic heterocycles. The highest BCUT2D eigenvalue weighted by molar-refractivity contribution is 7.89. The fourth-order valence-corrected chi connectivity index (χ4v) is 3.02. The Hall–Kier alpha value is -1.65. The molecule has 0 heterocycles. The normalized spacial score (nSPS) is 11.6. The molecule has 2 rings (SSSR count). The van der Waals surface area contributed by atoms with Crippen molar-refractivity contribution in [3.05, 3.63) is 64.7 Å². The van der Waals surface area contributed by atoms with Gasteiger partial charge in [0, 0.05) is 6.54 Å². The lowest BCUT2D eigenvalue weighted by atomic mass is 10.1. The van der Waals surface area contributed by atoms with E-state index in [1.165, 1.54) is 5.56 Å². The monoisotopic (exact) mass is 289 g/mol. The van der Waals surface area contributed by atoms with Crippen LogP contribution in [0.2, 0.25) is 0 Å². The van der Waals surface area contributed by atoms with Crippen molar-refractivity contribution in [2.24, 2.45) is 0 Å². The number of sulfonamides is 1. The molecule has 0 amide bonds. The van der Waals surface area contributed by atoms with Crippen LogP contribution >= 0.6 is 0 Å². The third-order valence-corrected chi connectivity index (χ3v) is 4.70. The van der Waals surface area contributed by atoms with E-state index in [4.69, 9.17) is 0 Å². The second-order valence-corrected chi connectivity index (χ2v) is 6.83. The summed E-state index contributed by atoms with van der Waals surface area (Å²) in [6.07, 6.45) is 0. The van der Waals surface area contributed by atoms with Crippen molar-refractivity contribution in [2.75, 3.05) is 0 Å². The fourth-order valence-electron chi connectivity index (χ4n) is 2.02. The molecule has 0 aliphatic carbocycles. The second-order valence-electron chi connectivity index (χ2n) is 5.07. The van der Waals surface area contributed by atoms with Gasteiger partial charge < -0.3 is 0 Å². The highest BCUT2D eigenvalue weighted by atomic mass is 32.2. The van der Waals surface area contributed by atoms with Crippen LogP contribution in [0, 0.1) is 20.8 Å². The van der Waals surface area contributed by atoms with Gasteiger partial charge in [-0.2, -0.15) is 0 Å². The first-order valence-corrected chi connectivity index (χ1v) is 7.99. The first-order valence-electron chi connectivity index (χ1n) is 6.51. The minimum Gasteiger partial charge on any atom is -0.207 e. The number of aryl methyl sites for hydroxylation is 3. The van der Waals surface area contributed by atoms with Crippen LogP contribution in [0.5, 0.6) is 0 Å². The van der Waals surface area contributed by atoms with Crippen LogP contribution in [0.4, 0.5) is 0 Å². The van der Waals surface area contributed by atoms with Crippen molar-refractivity contribution in [1.82, 2.24) is 4.72 Å². The van der Waals surface area contributed by atoms with E-state index in [0.29, 0.717) is 11.4 Å². The van der Waals surface area contributed by atoms with E-state index in [0.717, 1.165) is 16.7 Å². The molecule has 0 spiro atoms. The summed E-state index contributed by atoms with van der Waals surface area (Å²) < 4.78 is 27.0. The molecule has 0 saturated carbocycles. The Balaban J connectivity index is 2.15. The largest absolute Gasteiger partial charge is 0.240 e. The SMILES string of the molecule is Cc1ccc(S(=O)(=O)NCc2ccc(C)cc2C)cc1. The molecule has 2 aromatic rings. The lowest BCUT2D eigenvalue weighted by molar-refractivity contribution is 0.581. The fraction of sp³-hybridized carbons (Fsp3) is 0.250. The Bertz CT molecular complexity index is 704. The average molecular weight is 289 g/mol. The van der Waals surface area contributed by atoms with Crippen LogP contribution in [0.3, 0.4) is 0 Å². The van der Waals surface area contributed by atoms with Gasteiger partial charge in [-0.3, -0.25) is 0 Å². The zero-order valence-corrected chi connectivity index (χ0v) is 12.8. The van der Waals surface area contributed by atoms with E-state index in [-0.39, 0.29) is 0 Å². The van der Waals surface area contributed by atoms with Crippen LogP contribution in [0.25, 0.3) is 0 Å². The Morgan fingerprint density at radius 3 is 2.10 bits per heavy atom. The standard InChI is InChI=1S/C16H19NO2S/c1-12-5-8-16(9-6-12)20(18,19)17-11-15-7-4-13(2)10-14(15)3/h4-10,17H,11H2,1-3H3. The summed E-state index contributed by atoms with van der Waals surface area (Å²) in [5.74, 6) is 0. The van der Waals surface area contributed by atoms with E-state index in [1.54, 1.807) is 24.3 Å². The number of nitrogens with one attached hydrogen (secondary N) is 1. The first kappa shape index (κ1) is 14.8. The summed E-state index contributed by atoms with van der Waals surface area (Å²) in [5, 5.41) is 0.